The number of aliphatic imine (C=N–C) groups is 1. The molecular formula is C28H26FN9. The zero-order valence-electron chi connectivity index (χ0n) is 20.9. The van der Waals surface area contributed by atoms with Gasteiger partial charge in [0.1, 0.15) is 11.5 Å². The lowest BCUT2D eigenvalue weighted by atomic mass is 10.0. The van der Waals surface area contributed by atoms with Crippen LogP contribution in [-0.4, -0.2) is 63.0 Å². The number of aromatic amines is 2. The molecule has 0 spiro atoms. The molecule has 190 valence electrons. The number of aromatic nitrogens is 6. The number of hydrogen-bond donors (Lipinski definition) is 3. The van der Waals surface area contributed by atoms with Gasteiger partial charge in [0.2, 0.25) is 0 Å². The SMILES string of the molecule is C=N/C=C\C=C(/C)c1cnc2n[nH]c(-c3nc4c(-c5cc(F)cc(N6CCNCC6)c5)cncc4[nH]3)c2c1. The van der Waals surface area contributed by atoms with Crippen molar-refractivity contribution < 1.29 is 4.39 Å². The third kappa shape index (κ3) is 4.46. The van der Waals surface area contributed by atoms with Crippen molar-refractivity contribution in [2.75, 3.05) is 31.1 Å². The van der Waals surface area contributed by atoms with Crippen molar-refractivity contribution in [2.24, 2.45) is 4.99 Å². The molecule has 4 aromatic heterocycles. The Morgan fingerprint density at radius 3 is 2.84 bits per heavy atom. The van der Waals surface area contributed by atoms with Crippen LogP contribution in [0.2, 0.25) is 0 Å². The molecule has 3 N–H and O–H groups in total. The highest BCUT2D eigenvalue weighted by atomic mass is 19.1. The molecule has 0 saturated carbocycles. The van der Waals surface area contributed by atoms with E-state index in [-0.39, 0.29) is 5.82 Å². The maximum atomic E-state index is 14.7. The van der Waals surface area contributed by atoms with Crippen LogP contribution in [0.5, 0.6) is 0 Å². The lowest BCUT2D eigenvalue weighted by Gasteiger charge is -2.29. The molecule has 0 atom stereocenters. The highest BCUT2D eigenvalue weighted by molar-refractivity contribution is 5.96. The zero-order valence-corrected chi connectivity index (χ0v) is 20.9. The van der Waals surface area contributed by atoms with Crippen molar-refractivity contribution in [3.63, 3.8) is 0 Å². The summed E-state index contributed by atoms with van der Waals surface area (Å²) in [5, 5.41) is 11.6. The second-order valence-electron chi connectivity index (χ2n) is 9.17. The second kappa shape index (κ2) is 9.98. The van der Waals surface area contributed by atoms with Crippen molar-refractivity contribution in [3.05, 3.63) is 72.6 Å². The number of pyridine rings is 2. The Bertz CT molecular complexity index is 1710. The van der Waals surface area contributed by atoms with Crippen LogP contribution in [0, 0.1) is 5.82 Å². The van der Waals surface area contributed by atoms with Crippen LogP contribution in [0.1, 0.15) is 12.5 Å². The summed E-state index contributed by atoms with van der Waals surface area (Å²) in [6, 6.07) is 7.15. The van der Waals surface area contributed by atoms with Gasteiger partial charge in [0.15, 0.2) is 11.5 Å². The van der Waals surface area contributed by atoms with E-state index in [0.717, 1.165) is 65.0 Å². The van der Waals surface area contributed by atoms with Gasteiger partial charge in [-0.05, 0) is 60.7 Å². The number of benzene rings is 1. The van der Waals surface area contributed by atoms with E-state index in [9.17, 15) is 4.39 Å². The minimum atomic E-state index is -0.288. The summed E-state index contributed by atoms with van der Waals surface area (Å²) in [5.41, 5.74) is 7.07. The van der Waals surface area contributed by atoms with Crippen LogP contribution in [-0.2, 0) is 0 Å². The van der Waals surface area contributed by atoms with Crippen molar-refractivity contribution >= 4 is 40.0 Å². The molecule has 0 aliphatic carbocycles. The smallest absolute Gasteiger partial charge is 0.181 e. The molecular weight excluding hydrogens is 481 g/mol. The number of piperazine rings is 1. The van der Waals surface area contributed by atoms with Crippen LogP contribution in [0.15, 0.2) is 66.2 Å². The van der Waals surface area contributed by atoms with Gasteiger partial charge in [0, 0.05) is 56.0 Å². The van der Waals surface area contributed by atoms with Gasteiger partial charge in [0.05, 0.1) is 22.6 Å². The first-order chi connectivity index (χ1) is 18.6. The molecule has 1 saturated heterocycles. The predicted molar refractivity (Wildman–Crippen MR) is 150 cm³/mol. The van der Waals surface area contributed by atoms with Gasteiger partial charge in [0.25, 0.3) is 0 Å². The molecule has 6 rings (SSSR count). The van der Waals surface area contributed by atoms with E-state index in [4.69, 9.17) is 4.98 Å². The summed E-state index contributed by atoms with van der Waals surface area (Å²) < 4.78 is 14.7. The van der Waals surface area contributed by atoms with Crippen molar-refractivity contribution in [3.8, 4) is 22.6 Å². The van der Waals surface area contributed by atoms with Gasteiger partial charge in [-0.2, -0.15) is 5.10 Å². The van der Waals surface area contributed by atoms with Crippen LogP contribution >= 0.6 is 0 Å². The standard InChI is InChI=1S/C28H26FN9/c1-17(4-3-5-30-2)19-12-22-26(36-37-27(22)33-14-19)28-34-24-16-32-15-23(25(24)35-28)18-10-20(29)13-21(11-18)38-8-6-31-7-9-38/h3-5,10-16,31H,2,6-9H2,1H3,(H,34,35)(H,33,36,37)/b5-3-,17-4+. The fourth-order valence-corrected chi connectivity index (χ4v) is 4.74. The third-order valence-corrected chi connectivity index (χ3v) is 6.71. The van der Waals surface area contributed by atoms with Gasteiger partial charge in [-0.15, -0.1) is 0 Å². The minimum absolute atomic E-state index is 0.288. The van der Waals surface area contributed by atoms with E-state index >= 15 is 0 Å². The Labute approximate surface area is 218 Å². The summed E-state index contributed by atoms with van der Waals surface area (Å²) in [6.07, 6.45) is 10.6. The van der Waals surface area contributed by atoms with E-state index in [1.807, 2.05) is 31.2 Å². The normalized spacial score (nSPS) is 14.7. The number of halogens is 1. The summed E-state index contributed by atoms with van der Waals surface area (Å²) >= 11 is 0. The molecule has 1 fully saturated rings. The fourth-order valence-electron chi connectivity index (χ4n) is 4.74. The zero-order chi connectivity index (χ0) is 26.1. The van der Waals surface area contributed by atoms with Crippen molar-refractivity contribution in [2.45, 2.75) is 6.92 Å². The second-order valence-corrected chi connectivity index (χ2v) is 9.17. The van der Waals surface area contributed by atoms with Crippen molar-refractivity contribution in [1.82, 2.24) is 35.5 Å². The average molecular weight is 508 g/mol. The van der Waals surface area contributed by atoms with E-state index in [1.54, 1.807) is 30.9 Å². The maximum Gasteiger partial charge on any atom is 0.181 e. The Kier molecular flexibility index (Phi) is 6.22. The lowest BCUT2D eigenvalue weighted by Crippen LogP contribution is -2.43. The molecule has 1 aromatic carbocycles. The number of hydrogen-bond acceptors (Lipinski definition) is 7. The molecule has 1 aliphatic rings. The Balaban J connectivity index is 1.42. The number of imidazole rings is 1. The number of rotatable bonds is 6. The van der Waals surface area contributed by atoms with Crippen LogP contribution < -0.4 is 10.2 Å². The number of H-pyrrole nitrogens is 2. The van der Waals surface area contributed by atoms with E-state index in [2.05, 4.69) is 47.1 Å². The minimum Gasteiger partial charge on any atom is -0.369 e. The third-order valence-electron chi connectivity index (χ3n) is 6.71. The Morgan fingerprint density at radius 2 is 2.00 bits per heavy atom. The van der Waals surface area contributed by atoms with Crippen LogP contribution in [0.25, 0.3) is 50.3 Å². The first-order valence-corrected chi connectivity index (χ1v) is 12.3. The van der Waals surface area contributed by atoms with E-state index in [0.29, 0.717) is 22.7 Å². The largest absolute Gasteiger partial charge is 0.369 e. The molecule has 0 unspecified atom stereocenters. The van der Waals surface area contributed by atoms with Gasteiger partial charge < -0.3 is 15.2 Å². The average Bonchev–Trinajstić information content (AvgIpc) is 3.57. The first-order valence-electron chi connectivity index (χ1n) is 12.3. The van der Waals surface area contributed by atoms with Gasteiger partial charge in [-0.1, -0.05) is 6.08 Å². The van der Waals surface area contributed by atoms with Crippen molar-refractivity contribution in [1.29, 1.82) is 0 Å². The van der Waals surface area contributed by atoms with Gasteiger partial charge >= 0.3 is 0 Å². The number of fused-ring (bicyclic) bond motifs is 2. The number of allylic oxidation sites excluding steroid dienone is 3. The summed E-state index contributed by atoms with van der Waals surface area (Å²) in [4.78, 5) is 23.1. The molecule has 0 radical (unpaired) electrons. The quantitative estimate of drug-likeness (QED) is 0.226. The van der Waals surface area contributed by atoms with E-state index < -0.39 is 0 Å². The maximum absolute atomic E-state index is 14.7. The Hall–Kier alpha value is -4.70. The van der Waals surface area contributed by atoms with E-state index in [1.165, 1.54) is 6.07 Å². The lowest BCUT2D eigenvalue weighted by molar-refractivity contribution is 0.585. The molecule has 5 aromatic rings. The summed E-state index contributed by atoms with van der Waals surface area (Å²) in [6.45, 7) is 8.86. The molecule has 10 heteroatoms. The highest BCUT2D eigenvalue weighted by Crippen LogP contribution is 2.33. The highest BCUT2D eigenvalue weighted by Gasteiger charge is 2.18. The number of nitrogens with one attached hydrogen (secondary N) is 3. The molecule has 0 bridgehead atoms. The topological polar surface area (TPSA) is 111 Å². The molecule has 38 heavy (non-hydrogen) atoms. The first kappa shape index (κ1) is 23.7. The monoisotopic (exact) mass is 507 g/mol. The summed E-state index contributed by atoms with van der Waals surface area (Å²) in [5.74, 6) is 0.316. The number of anilines is 1. The Morgan fingerprint density at radius 1 is 1.13 bits per heavy atom. The molecule has 1 aliphatic heterocycles. The van der Waals surface area contributed by atoms with Crippen LogP contribution in [0.3, 0.4) is 0 Å². The molecule has 0 amide bonds. The summed E-state index contributed by atoms with van der Waals surface area (Å²) in [7, 11) is 0. The number of nitrogens with zero attached hydrogens (tertiary/aromatic N) is 6. The van der Waals surface area contributed by atoms with Gasteiger partial charge in [-0.3, -0.25) is 15.1 Å². The molecule has 5 heterocycles. The molecule has 9 nitrogen and oxygen atoms in total. The van der Waals surface area contributed by atoms with Crippen LogP contribution in [0.4, 0.5) is 10.1 Å². The fraction of sp³-hybridized carbons (Fsp3) is 0.179. The van der Waals surface area contributed by atoms with Gasteiger partial charge in [-0.25, -0.2) is 14.4 Å². The predicted octanol–water partition coefficient (Wildman–Crippen LogP) is 4.73.